The number of benzene rings is 1. The molecule has 0 spiro atoms. The molecule has 0 unspecified atom stereocenters. The molecule has 1 aliphatic heterocycles. The second-order valence-corrected chi connectivity index (χ2v) is 4.43. The molecule has 0 atom stereocenters. The van der Waals surface area contributed by atoms with Crippen molar-refractivity contribution in [2.75, 3.05) is 25.5 Å². The van der Waals surface area contributed by atoms with Crippen LogP contribution in [0, 0.1) is 10.1 Å². The molecule has 1 aliphatic rings. The SMILES string of the molecule is COc1ccc(NC(=O)C(C)=C2CNC2)cc1[N+](=O)[O-]. The number of carbonyl (C=O) groups excluding carboxylic acids is 1. The van der Waals surface area contributed by atoms with Crippen molar-refractivity contribution in [2.45, 2.75) is 6.92 Å². The van der Waals surface area contributed by atoms with Gasteiger partial charge in [-0.1, -0.05) is 0 Å². The van der Waals surface area contributed by atoms with E-state index in [-0.39, 0.29) is 17.3 Å². The molecule has 1 aromatic rings. The third-order valence-corrected chi connectivity index (χ3v) is 3.18. The first-order chi connectivity index (χ1) is 9.52. The number of nitro benzene ring substituents is 1. The number of carbonyl (C=O) groups is 1. The van der Waals surface area contributed by atoms with E-state index in [1.165, 1.54) is 19.2 Å². The monoisotopic (exact) mass is 277 g/mol. The van der Waals surface area contributed by atoms with Gasteiger partial charge in [0.05, 0.1) is 12.0 Å². The summed E-state index contributed by atoms with van der Waals surface area (Å²) in [5.74, 6) is -0.0905. The maximum Gasteiger partial charge on any atom is 0.312 e. The predicted molar refractivity (Wildman–Crippen MR) is 73.8 cm³/mol. The highest BCUT2D eigenvalue weighted by atomic mass is 16.6. The molecule has 0 aliphatic carbocycles. The zero-order valence-corrected chi connectivity index (χ0v) is 11.2. The van der Waals surface area contributed by atoms with Crippen LogP contribution >= 0.6 is 0 Å². The van der Waals surface area contributed by atoms with Crippen molar-refractivity contribution in [3.8, 4) is 5.75 Å². The van der Waals surface area contributed by atoms with Crippen LogP contribution in [-0.2, 0) is 4.79 Å². The van der Waals surface area contributed by atoms with E-state index in [1.807, 2.05) is 0 Å². The summed E-state index contributed by atoms with van der Waals surface area (Å²) < 4.78 is 4.91. The van der Waals surface area contributed by atoms with Crippen molar-refractivity contribution in [3.05, 3.63) is 39.5 Å². The lowest BCUT2D eigenvalue weighted by Gasteiger charge is -2.21. The second-order valence-electron chi connectivity index (χ2n) is 4.43. The third-order valence-electron chi connectivity index (χ3n) is 3.18. The van der Waals surface area contributed by atoms with Gasteiger partial charge in [0.15, 0.2) is 5.75 Å². The summed E-state index contributed by atoms with van der Waals surface area (Å²) in [6.45, 7) is 3.16. The topological polar surface area (TPSA) is 93.5 Å². The Kier molecular flexibility index (Phi) is 3.99. The van der Waals surface area contributed by atoms with Crippen molar-refractivity contribution in [2.24, 2.45) is 0 Å². The smallest absolute Gasteiger partial charge is 0.312 e. The Morgan fingerprint density at radius 2 is 2.15 bits per heavy atom. The molecular formula is C13H15N3O4. The lowest BCUT2D eigenvalue weighted by molar-refractivity contribution is -0.385. The molecule has 0 aromatic heterocycles. The van der Waals surface area contributed by atoms with Gasteiger partial charge in [0.1, 0.15) is 0 Å². The predicted octanol–water partition coefficient (Wildman–Crippen LogP) is 1.46. The Morgan fingerprint density at radius 3 is 2.65 bits per heavy atom. The first-order valence-electron chi connectivity index (χ1n) is 6.06. The first kappa shape index (κ1) is 14.0. The average Bonchev–Trinajstić information content (AvgIpc) is 2.36. The summed E-state index contributed by atoms with van der Waals surface area (Å²) in [6, 6.07) is 4.32. The van der Waals surface area contributed by atoms with Gasteiger partial charge in [-0.25, -0.2) is 0 Å². The van der Waals surface area contributed by atoms with Crippen LogP contribution in [0.15, 0.2) is 29.3 Å². The van der Waals surface area contributed by atoms with Gasteiger partial charge in [-0.05, 0) is 24.6 Å². The van der Waals surface area contributed by atoms with Gasteiger partial charge in [-0.2, -0.15) is 0 Å². The number of hydrogen-bond donors (Lipinski definition) is 2. The maximum absolute atomic E-state index is 12.0. The van der Waals surface area contributed by atoms with Gasteiger partial charge in [0, 0.05) is 30.4 Å². The van der Waals surface area contributed by atoms with E-state index < -0.39 is 4.92 Å². The van der Waals surface area contributed by atoms with Gasteiger partial charge in [0.2, 0.25) is 0 Å². The fraction of sp³-hybridized carbons (Fsp3) is 0.308. The van der Waals surface area contributed by atoms with Crippen LogP contribution in [0.2, 0.25) is 0 Å². The van der Waals surface area contributed by atoms with Crippen molar-refractivity contribution in [1.29, 1.82) is 0 Å². The number of amides is 1. The minimum Gasteiger partial charge on any atom is -0.490 e. The largest absolute Gasteiger partial charge is 0.490 e. The quantitative estimate of drug-likeness (QED) is 0.493. The first-order valence-corrected chi connectivity index (χ1v) is 6.06. The molecule has 0 radical (unpaired) electrons. The fourth-order valence-corrected chi connectivity index (χ4v) is 1.81. The number of nitrogens with zero attached hydrogens (tertiary/aromatic N) is 1. The Balaban J connectivity index is 2.19. The molecular weight excluding hydrogens is 262 g/mol. The van der Waals surface area contributed by atoms with Gasteiger partial charge >= 0.3 is 5.69 Å². The summed E-state index contributed by atoms with van der Waals surface area (Å²) in [5, 5.41) is 16.6. The van der Waals surface area contributed by atoms with E-state index >= 15 is 0 Å². The molecule has 7 heteroatoms. The van der Waals surface area contributed by atoms with Gasteiger partial charge in [0.25, 0.3) is 5.91 Å². The summed E-state index contributed by atoms with van der Waals surface area (Å²) in [4.78, 5) is 22.3. The maximum atomic E-state index is 12.0. The zero-order valence-electron chi connectivity index (χ0n) is 11.2. The van der Waals surface area contributed by atoms with E-state index in [4.69, 9.17) is 4.74 Å². The van der Waals surface area contributed by atoms with E-state index in [0.29, 0.717) is 24.4 Å². The Labute approximate surface area is 115 Å². The van der Waals surface area contributed by atoms with E-state index in [2.05, 4.69) is 10.6 Å². The summed E-state index contributed by atoms with van der Waals surface area (Å²) in [5.41, 5.74) is 1.88. The van der Waals surface area contributed by atoms with Crippen LogP contribution in [0.25, 0.3) is 0 Å². The summed E-state index contributed by atoms with van der Waals surface area (Å²) in [6.07, 6.45) is 0. The van der Waals surface area contributed by atoms with Gasteiger partial charge in [-0.15, -0.1) is 0 Å². The minimum absolute atomic E-state index is 0.159. The number of ether oxygens (including phenoxy) is 1. The van der Waals surface area contributed by atoms with E-state index in [1.54, 1.807) is 13.0 Å². The number of anilines is 1. The molecule has 1 amide bonds. The van der Waals surface area contributed by atoms with Crippen molar-refractivity contribution in [3.63, 3.8) is 0 Å². The van der Waals surface area contributed by atoms with E-state index in [0.717, 1.165) is 5.57 Å². The molecule has 1 aromatic carbocycles. The normalized spacial score (nSPS) is 13.4. The van der Waals surface area contributed by atoms with Crippen LogP contribution in [-0.4, -0.2) is 31.0 Å². The summed E-state index contributed by atoms with van der Waals surface area (Å²) in [7, 11) is 1.36. The molecule has 106 valence electrons. The van der Waals surface area contributed by atoms with Gasteiger partial charge < -0.3 is 15.4 Å². The highest BCUT2D eigenvalue weighted by Crippen LogP contribution is 2.29. The molecule has 1 fully saturated rings. The van der Waals surface area contributed by atoms with Crippen LogP contribution in [0.1, 0.15) is 6.92 Å². The molecule has 2 rings (SSSR count). The highest BCUT2D eigenvalue weighted by Gasteiger charge is 2.19. The van der Waals surface area contributed by atoms with Crippen LogP contribution in [0.5, 0.6) is 5.75 Å². The third kappa shape index (κ3) is 2.77. The number of nitrogens with one attached hydrogen (secondary N) is 2. The second kappa shape index (κ2) is 5.70. The molecule has 0 bridgehead atoms. The average molecular weight is 277 g/mol. The Morgan fingerprint density at radius 1 is 1.45 bits per heavy atom. The van der Waals surface area contributed by atoms with Crippen molar-refractivity contribution >= 4 is 17.3 Å². The standard InChI is InChI=1S/C13H15N3O4/c1-8(9-6-14-7-9)13(17)15-10-3-4-12(20-2)11(5-10)16(18)19/h3-5,14H,6-7H2,1-2H3,(H,15,17). The number of nitro groups is 1. The highest BCUT2D eigenvalue weighted by molar-refractivity contribution is 6.04. The molecule has 1 heterocycles. The van der Waals surface area contributed by atoms with Crippen LogP contribution < -0.4 is 15.4 Å². The zero-order chi connectivity index (χ0) is 14.7. The Bertz CT molecular complexity index is 589. The molecule has 7 nitrogen and oxygen atoms in total. The molecule has 0 saturated carbocycles. The number of hydrogen-bond acceptors (Lipinski definition) is 5. The lowest BCUT2D eigenvalue weighted by Crippen LogP contribution is -2.36. The summed E-state index contributed by atoms with van der Waals surface area (Å²) >= 11 is 0. The fourth-order valence-electron chi connectivity index (χ4n) is 1.81. The minimum atomic E-state index is -0.546. The number of rotatable bonds is 4. The lowest BCUT2D eigenvalue weighted by atomic mass is 10.0. The van der Waals surface area contributed by atoms with Gasteiger partial charge in [-0.3, -0.25) is 14.9 Å². The van der Waals surface area contributed by atoms with E-state index in [9.17, 15) is 14.9 Å². The van der Waals surface area contributed by atoms with Crippen molar-refractivity contribution < 1.29 is 14.5 Å². The van der Waals surface area contributed by atoms with Crippen LogP contribution in [0.3, 0.4) is 0 Å². The molecule has 20 heavy (non-hydrogen) atoms. The number of methoxy groups -OCH3 is 1. The molecule has 2 N–H and O–H groups in total. The molecule has 1 saturated heterocycles. The van der Waals surface area contributed by atoms with Crippen molar-refractivity contribution in [1.82, 2.24) is 5.32 Å². The Hall–Kier alpha value is -2.41. The van der Waals surface area contributed by atoms with Crippen LogP contribution in [0.4, 0.5) is 11.4 Å².